The monoisotopic (exact) mass is 240 g/mol. The zero-order valence-electron chi connectivity index (χ0n) is 10.4. The number of phenols is 1. The third-order valence-electron chi connectivity index (χ3n) is 3.51. The molecule has 2 heteroatoms. The van der Waals surface area contributed by atoms with Crippen molar-refractivity contribution in [3.05, 3.63) is 53.1 Å². The molecule has 2 aromatic rings. The number of aryl methyl sites for hydroxylation is 1. The number of hydrogen-bond acceptors (Lipinski definition) is 2. The molecular formula is C16H16O2. The maximum Gasteiger partial charge on any atom is 0.118 e. The van der Waals surface area contributed by atoms with Crippen LogP contribution in [0.1, 0.15) is 16.7 Å². The quantitative estimate of drug-likeness (QED) is 0.827. The summed E-state index contributed by atoms with van der Waals surface area (Å²) in [6.07, 6.45) is 0.986. The van der Waals surface area contributed by atoms with Crippen molar-refractivity contribution in [1.82, 2.24) is 0 Å². The number of ether oxygens (including phenoxy) is 1. The van der Waals surface area contributed by atoms with Crippen LogP contribution in [0.2, 0.25) is 0 Å². The fourth-order valence-corrected chi connectivity index (χ4v) is 2.38. The van der Waals surface area contributed by atoms with Gasteiger partial charge in [-0.3, -0.25) is 0 Å². The van der Waals surface area contributed by atoms with Crippen LogP contribution >= 0.6 is 0 Å². The van der Waals surface area contributed by atoms with Crippen LogP contribution in [0, 0.1) is 6.92 Å². The Morgan fingerprint density at radius 1 is 1.00 bits per heavy atom. The number of phenolic OH excluding ortho intramolecular Hbond substituents is 1. The Kier molecular flexibility index (Phi) is 2.80. The molecule has 0 bridgehead atoms. The topological polar surface area (TPSA) is 29.5 Å². The van der Waals surface area contributed by atoms with Crippen molar-refractivity contribution in [3.8, 4) is 16.9 Å². The van der Waals surface area contributed by atoms with Crippen LogP contribution in [0.15, 0.2) is 36.4 Å². The van der Waals surface area contributed by atoms with Crippen LogP contribution in [0.5, 0.6) is 5.75 Å². The largest absolute Gasteiger partial charge is 0.508 e. The first-order valence-corrected chi connectivity index (χ1v) is 6.23. The molecule has 1 N–H and O–H groups in total. The fraction of sp³-hybridized carbons (Fsp3) is 0.250. The number of aromatic hydroxyl groups is 1. The summed E-state index contributed by atoms with van der Waals surface area (Å²) in [6.45, 7) is 3.46. The summed E-state index contributed by atoms with van der Waals surface area (Å²) >= 11 is 0. The molecule has 0 atom stereocenters. The van der Waals surface area contributed by atoms with Gasteiger partial charge in [0.2, 0.25) is 0 Å². The van der Waals surface area contributed by atoms with Gasteiger partial charge in [-0.25, -0.2) is 0 Å². The summed E-state index contributed by atoms with van der Waals surface area (Å²) in [7, 11) is 0. The zero-order valence-corrected chi connectivity index (χ0v) is 10.4. The lowest BCUT2D eigenvalue weighted by molar-refractivity contribution is 0.111. The average Bonchev–Trinajstić information content (AvgIpc) is 2.41. The van der Waals surface area contributed by atoms with E-state index < -0.39 is 0 Å². The molecule has 1 aliphatic heterocycles. The first-order chi connectivity index (χ1) is 8.74. The number of hydrogen-bond donors (Lipinski definition) is 1. The van der Waals surface area contributed by atoms with E-state index in [1.807, 2.05) is 19.1 Å². The molecule has 1 aliphatic rings. The predicted octanol–water partition coefficient (Wildman–Crippen LogP) is 3.44. The molecule has 0 amide bonds. The molecule has 2 aromatic carbocycles. The lowest BCUT2D eigenvalue weighted by Crippen LogP contribution is -2.09. The molecule has 0 unspecified atom stereocenters. The van der Waals surface area contributed by atoms with Crippen molar-refractivity contribution < 1.29 is 9.84 Å². The Morgan fingerprint density at radius 3 is 2.61 bits per heavy atom. The molecule has 1 heterocycles. The molecule has 0 spiro atoms. The molecule has 0 aromatic heterocycles. The van der Waals surface area contributed by atoms with E-state index in [9.17, 15) is 5.11 Å². The standard InChI is InChI=1S/C16H16O2/c1-11-8-12(4-5-16(11)17)13-2-3-15-10-18-7-6-14(15)9-13/h2-5,8-9,17H,6-7,10H2,1H3. The molecule has 3 rings (SSSR count). The van der Waals surface area contributed by atoms with Gasteiger partial charge in [-0.1, -0.05) is 24.3 Å². The highest BCUT2D eigenvalue weighted by Gasteiger charge is 2.10. The first kappa shape index (κ1) is 11.3. The minimum atomic E-state index is 0.352. The van der Waals surface area contributed by atoms with Gasteiger partial charge in [0.25, 0.3) is 0 Å². The summed E-state index contributed by atoms with van der Waals surface area (Å²) in [4.78, 5) is 0. The minimum Gasteiger partial charge on any atom is -0.508 e. The van der Waals surface area contributed by atoms with Gasteiger partial charge in [0.1, 0.15) is 5.75 Å². The van der Waals surface area contributed by atoms with Crippen LogP contribution in [0.3, 0.4) is 0 Å². The molecule has 2 nitrogen and oxygen atoms in total. The minimum absolute atomic E-state index is 0.352. The highest BCUT2D eigenvalue weighted by Crippen LogP contribution is 2.28. The van der Waals surface area contributed by atoms with E-state index in [4.69, 9.17) is 4.74 Å². The van der Waals surface area contributed by atoms with E-state index in [-0.39, 0.29) is 0 Å². The number of rotatable bonds is 1. The van der Waals surface area contributed by atoms with Gasteiger partial charge in [0.05, 0.1) is 13.2 Å². The molecular weight excluding hydrogens is 224 g/mol. The number of fused-ring (bicyclic) bond motifs is 1. The van der Waals surface area contributed by atoms with E-state index in [2.05, 4.69) is 18.2 Å². The van der Waals surface area contributed by atoms with E-state index in [1.165, 1.54) is 16.7 Å². The molecule has 92 valence electrons. The molecule has 0 radical (unpaired) electrons. The van der Waals surface area contributed by atoms with Crippen molar-refractivity contribution in [2.24, 2.45) is 0 Å². The van der Waals surface area contributed by atoms with E-state index in [0.717, 1.165) is 30.8 Å². The molecule has 0 saturated heterocycles. The summed E-state index contributed by atoms with van der Waals surface area (Å²) in [5.41, 5.74) is 5.94. The maximum atomic E-state index is 9.57. The van der Waals surface area contributed by atoms with Gasteiger partial charge in [-0.2, -0.15) is 0 Å². The Hall–Kier alpha value is -1.80. The Morgan fingerprint density at radius 2 is 1.78 bits per heavy atom. The van der Waals surface area contributed by atoms with Crippen molar-refractivity contribution in [3.63, 3.8) is 0 Å². The SMILES string of the molecule is Cc1cc(-c2ccc3c(c2)CCOC3)ccc1O. The molecule has 0 saturated carbocycles. The second kappa shape index (κ2) is 4.46. The molecule has 18 heavy (non-hydrogen) atoms. The van der Waals surface area contributed by atoms with Crippen molar-refractivity contribution in [1.29, 1.82) is 0 Å². The number of benzene rings is 2. The van der Waals surface area contributed by atoms with Crippen LogP contribution in [0.4, 0.5) is 0 Å². The van der Waals surface area contributed by atoms with Gasteiger partial charge in [0, 0.05) is 0 Å². The highest BCUT2D eigenvalue weighted by atomic mass is 16.5. The second-order valence-corrected chi connectivity index (χ2v) is 4.79. The van der Waals surface area contributed by atoms with Gasteiger partial charge in [0.15, 0.2) is 0 Å². The Bertz CT molecular complexity index is 588. The van der Waals surface area contributed by atoms with Gasteiger partial charge >= 0.3 is 0 Å². The second-order valence-electron chi connectivity index (χ2n) is 4.79. The van der Waals surface area contributed by atoms with E-state index in [0.29, 0.717) is 5.75 Å². The molecule has 0 fully saturated rings. The normalized spacial score (nSPS) is 14.3. The summed E-state index contributed by atoms with van der Waals surface area (Å²) in [5.74, 6) is 0.352. The smallest absolute Gasteiger partial charge is 0.118 e. The van der Waals surface area contributed by atoms with Gasteiger partial charge in [-0.05, 0) is 53.3 Å². The first-order valence-electron chi connectivity index (χ1n) is 6.23. The van der Waals surface area contributed by atoms with Gasteiger partial charge < -0.3 is 9.84 Å². The Balaban J connectivity index is 2.03. The summed E-state index contributed by atoms with van der Waals surface area (Å²) in [5, 5.41) is 9.57. The van der Waals surface area contributed by atoms with E-state index >= 15 is 0 Å². The fourth-order valence-electron chi connectivity index (χ4n) is 2.38. The lowest BCUT2D eigenvalue weighted by Gasteiger charge is -2.17. The van der Waals surface area contributed by atoms with Crippen LogP contribution in [0.25, 0.3) is 11.1 Å². The van der Waals surface area contributed by atoms with Crippen molar-refractivity contribution in [2.75, 3.05) is 6.61 Å². The van der Waals surface area contributed by atoms with Crippen molar-refractivity contribution in [2.45, 2.75) is 20.0 Å². The third-order valence-corrected chi connectivity index (χ3v) is 3.51. The third kappa shape index (κ3) is 2.00. The van der Waals surface area contributed by atoms with Crippen LogP contribution in [-0.2, 0) is 17.8 Å². The highest BCUT2D eigenvalue weighted by molar-refractivity contribution is 5.67. The maximum absolute atomic E-state index is 9.57. The predicted molar refractivity (Wildman–Crippen MR) is 71.6 cm³/mol. The molecule has 0 aliphatic carbocycles. The van der Waals surface area contributed by atoms with E-state index in [1.54, 1.807) is 6.07 Å². The van der Waals surface area contributed by atoms with Crippen molar-refractivity contribution >= 4 is 0 Å². The summed E-state index contributed by atoms with van der Waals surface area (Å²) < 4.78 is 5.44. The lowest BCUT2D eigenvalue weighted by atomic mass is 9.96. The zero-order chi connectivity index (χ0) is 12.5. The average molecular weight is 240 g/mol. The Labute approximate surface area is 107 Å². The summed E-state index contributed by atoms with van der Waals surface area (Å²) in [6, 6.07) is 12.3. The van der Waals surface area contributed by atoms with Gasteiger partial charge in [-0.15, -0.1) is 0 Å². The van der Waals surface area contributed by atoms with Crippen LogP contribution < -0.4 is 0 Å². The van der Waals surface area contributed by atoms with Crippen LogP contribution in [-0.4, -0.2) is 11.7 Å².